The maximum atomic E-state index is 13.5. The molecule has 0 bridgehead atoms. The lowest BCUT2D eigenvalue weighted by Crippen LogP contribution is -2.38. The second-order valence-corrected chi connectivity index (χ2v) is 9.69. The molecule has 0 aliphatic carbocycles. The molecule has 10 heteroatoms. The van der Waals surface area contributed by atoms with Gasteiger partial charge in [0, 0.05) is 12.1 Å². The van der Waals surface area contributed by atoms with E-state index in [1.54, 1.807) is 30.3 Å². The van der Waals surface area contributed by atoms with Crippen LogP contribution in [0.15, 0.2) is 65.6 Å². The van der Waals surface area contributed by atoms with E-state index >= 15 is 0 Å². The number of benzene rings is 3. The first kappa shape index (κ1) is 24.7. The van der Waals surface area contributed by atoms with Crippen LogP contribution in [0.3, 0.4) is 0 Å². The third-order valence-corrected chi connectivity index (χ3v) is 7.15. The van der Waals surface area contributed by atoms with Gasteiger partial charge in [0.05, 0.1) is 40.5 Å². The monoisotopic (exact) mass is 508 g/mol. The minimum Gasteiger partial charge on any atom is -0.495 e. The van der Waals surface area contributed by atoms with E-state index in [4.69, 9.17) is 32.7 Å². The van der Waals surface area contributed by atoms with Crippen LogP contribution in [-0.4, -0.2) is 35.1 Å². The van der Waals surface area contributed by atoms with Crippen molar-refractivity contribution in [1.82, 2.24) is 0 Å². The number of methoxy groups -OCH3 is 2. The zero-order chi connectivity index (χ0) is 24.2. The average Bonchev–Trinajstić information content (AvgIpc) is 2.79. The van der Waals surface area contributed by atoms with Gasteiger partial charge in [-0.1, -0.05) is 53.0 Å². The molecule has 3 aromatic rings. The van der Waals surface area contributed by atoms with E-state index in [1.807, 2.05) is 6.92 Å². The van der Waals surface area contributed by atoms with Crippen LogP contribution in [0.4, 0.5) is 11.4 Å². The van der Waals surface area contributed by atoms with Crippen molar-refractivity contribution in [2.75, 3.05) is 30.4 Å². The van der Waals surface area contributed by atoms with Gasteiger partial charge in [0.2, 0.25) is 5.91 Å². The highest BCUT2D eigenvalue weighted by Gasteiger charge is 2.29. The van der Waals surface area contributed by atoms with Gasteiger partial charge in [-0.25, -0.2) is 8.42 Å². The molecule has 3 rings (SSSR count). The Kier molecular flexibility index (Phi) is 7.73. The Hall–Kier alpha value is -2.94. The Morgan fingerprint density at radius 1 is 0.939 bits per heavy atom. The zero-order valence-electron chi connectivity index (χ0n) is 18.1. The van der Waals surface area contributed by atoms with E-state index in [0.29, 0.717) is 16.5 Å². The number of nitrogens with zero attached hydrogens (tertiary/aromatic N) is 1. The summed E-state index contributed by atoms with van der Waals surface area (Å²) < 4.78 is 38.4. The fourth-order valence-electron chi connectivity index (χ4n) is 3.07. The van der Waals surface area contributed by atoms with Crippen molar-refractivity contribution >= 4 is 50.5 Å². The second kappa shape index (κ2) is 10.3. The topological polar surface area (TPSA) is 84.9 Å². The molecule has 174 valence electrons. The first-order valence-electron chi connectivity index (χ1n) is 9.72. The molecule has 0 saturated heterocycles. The molecule has 0 radical (unpaired) electrons. The molecule has 0 aromatic heterocycles. The lowest BCUT2D eigenvalue weighted by molar-refractivity contribution is -0.114. The van der Waals surface area contributed by atoms with Crippen molar-refractivity contribution < 1.29 is 22.7 Å². The highest BCUT2D eigenvalue weighted by atomic mass is 35.5. The molecule has 0 spiro atoms. The summed E-state index contributed by atoms with van der Waals surface area (Å²) in [6.45, 7) is 1.32. The minimum atomic E-state index is -4.10. The molecule has 0 aliphatic heterocycles. The highest BCUT2D eigenvalue weighted by molar-refractivity contribution is 7.92. The molecule has 1 amide bonds. The van der Waals surface area contributed by atoms with Crippen molar-refractivity contribution in [3.8, 4) is 11.5 Å². The Balaban J connectivity index is 1.99. The van der Waals surface area contributed by atoms with Crippen LogP contribution in [0.5, 0.6) is 11.5 Å². The third-order valence-electron chi connectivity index (χ3n) is 4.77. The fourth-order valence-corrected chi connectivity index (χ4v) is 5.03. The van der Waals surface area contributed by atoms with Gasteiger partial charge in [-0.15, -0.1) is 0 Å². The van der Waals surface area contributed by atoms with E-state index in [-0.39, 0.29) is 21.3 Å². The molecule has 0 aliphatic rings. The van der Waals surface area contributed by atoms with Gasteiger partial charge >= 0.3 is 0 Å². The Labute approximate surface area is 202 Å². The molecule has 33 heavy (non-hydrogen) atoms. The zero-order valence-corrected chi connectivity index (χ0v) is 20.5. The number of hydrogen-bond donors (Lipinski definition) is 1. The number of carbonyl (C=O) groups excluding carboxylic acids is 1. The van der Waals surface area contributed by atoms with Crippen LogP contribution < -0.4 is 19.1 Å². The summed E-state index contributed by atoms with van der Waals surface area (Å²) in [5.74, 6) is -0.00359. The number of para-hydroxylation sites is 1. The van der Waals surface area contributed by atoms with Crippen molar-refractivity contribution in [1.29, 1.82) is 0 Å². The number of aryl methyl sites for hydroxylation is 1. The first-order chi connectivity index (χ1) is 15.7. The summed E-state index contributed by atoms with van der Waals surface area (Å²) in [5.41, 5.74) is 1.35. The Morgan fingerprint density at radius 2 is 1.58 bits per heavy atom. The molecule has 1 N–H and O–H groups in total. The summed E-state index contributed by atoms with van der Waals surface area (Å²) in [6.07, 6.45) is 0. The molecule has 0 unspecified atom stereocenters. The van der Waals surface area contributed by atoms with Crippen molar-refractivity contribution in [2.24, 2.45) is 0 Å². The molecule has 0 atom stereocenters. The Morgan fingerprint density at radius 3 is 2.18 bits per heavy atom. The Bertz CT molecular complexity index is 1260. The molecule has 0 fully saturated rings. The first-order valence-corrected chi connectivity index (χ1v) is 11.9. The molecular weight excluding hydrogens is 487 g/mol. The molecule has 0 heterocycles. The van der Waals surface area contributed by atoms with Crippen LogP contribution >= 0.6 is 23.2 Å². The van der Waals surface area contributed by atoms with Gasteiger partial charge in [0.25, 0.3) is 10.0 Å². The summed E-state index contributed by atoms with van der Waals surface area (Å²) in [5, 5.41) is 3.15. The molecule has 3 aromatic carbocycles. The highest BCUT2D eigenvalue weighted by Crippen LogP contribution is 2.36. The number of nitrogens with one attached hydrogen (secondary N) is 1. The van der Waals surface area contributed by atoms with Gasteiger partial charge in [0.15, 0.2) is 0 Å². The van der Waals surface area contributed by atoms with Crippen molar-refractivity contribution in [3.05, 3.63) is 76.3 Å². The SMILES string of the molecule is COc1cc(NC(=O)CN(c2ccccc2Cl)S(=O)(=O)c2ccc(C)cc2)c(OC)cc1Cl. The van der Waals surface area contributed by atoms with Gasteiger partial charge in [-0.2, -0.15) is 0 Å². The minimum absolute atomic E-state index is 0.0339. The quantitative estimate of drug-likeness (QED) is 0.454. The van der Waals surface area contributed by atoms with Gasteiger partial charge in [0.1, 0.15) is 18.0 Å². The number of anilines is 2. The molecule has 0 saturated carbocycles. The van der Waals surface area contributed by atoms with E-state index in [9.17, 15) is 13.2 Å². The second-order valence-electron chi connectivity index (χ2n) is 7.01. The number of sulfonamides is 1. The summed E-state index contributed by atoms with van der Waals surface area (Å²) in [4.78, 5) is 13.0. The van der Waals surface area contributed by atoms with E-state index < -0.39 is 22.5 Å². The number of amides is 1. The summed E-state index contributed by atoms with van der Waals surface area (Å²) >= 11 is 12.4. The van der Waals surface area contributed by atoms with Crippen LogP contribution in [0.1, 0.15) is 5.56 Å². The predicted octanol–water partition coefficient (Wildman–Crippen LogP) is 5.15. The van der Waals surface area contributed by atoms with Crippen LogP contribution in [0.25, 0.3) is 0 Å². The lowest BCUT2D eigenvalue weighted by atomic mass is 10.2. The smallest absolute Gasteiger partial charge is 0.264 e. The largest absolute Gasteiger partial charge is 0.495 e. The fraction of sp³-hybridized carbons (Fsp3) is 0.174. The van der Waals surface area contributed by atoms with Crippen LogP contribution in [-0.2, 0) is 14.8 Å². The van der Waals surface area contributed by atoms with E-state index in [1.165, 1.54) is 44.6 Å². The summed E-state index contributed by atoms with van der Waals surface area (Å²) in [6, 6.07) is 15.7. The van der Waals surface area contributed by atoms with Gasteiger partial charge in [-0.3, -0.25) is 9.10 Å². The van der Waals surface area contributed by atoms with Crippen LogP contribution in [0, 0.1) is 6.92 Å². The van der Waals surface area contributed by atoms with Crippen molar-refractivity contribution in [3.63, 3.8) is 0 Å². The van der Waals surface area contributed by atoms with E-state index in [0.717, 1.165) is 9.87 Å². The number of halogens is 2. The van der Waals surface area contributed by atoms with Gasteiger partial charge < -0.3 is 14.8 Å². The van der Waals surface area contributed by atoms with Crippen molar-refractivity contribution in [2.45, 2.75) is 11.8 Å². The molecule has 7 nitrogen and oxygen atoms in total. The molecular formula is C23H22Cl2N2O5S. The number of carbonyl (C=O) groups is 1. The lowest BCUT2D eigenvalue weighted by Gasteiger charge is -2.25. The van der Waals surface area contributed by atoms with E-state index in [2.05, 4.69) is 5.32 Å². The maximum Gasteiger partial charge on any atom is 0.264 e. The average molecular weight is 509 g/mol. The van der Waals surface area contributed by atoms with Gasteiger partial charge in [-0.05, 0) is 31.2 Å². The number of ether oxygens (including phenoxy) is 2. The number of hydrogen-bond acceptors (Lipinski definition) is 5. The standard InChI is InChI=1S/C23H22Cl2N2O5S/c1-15-8-10-16(11-9-15)33(29,30)27(20-7-5-4-6-17(20)24)14-23(28)26-19-13-21(31-2)18(25)12-22(19)32-3/h4-13H,14H2,1-3H3,(H,26,28). The normalized spacial score (nSPS) is 11.1. The third kappa shape index (κ3) is 5.52. The predicted molar refractivity (Wildman–Crippen MR) is 130 cm³/mol. The maximum absolute atomic E-state index is 13.5. The number of rotatable bonds is 8. The van der Waals surface area contributed by atoms with Crippen LogP contribution in [0.2, 0.25) is 10.0 Å². The summed E-state index contributed by atoms with van der Waals surface area (Å²) in [7, 11) is -1.25.